The molecule has 7 heteroatoms. The van der Waals surface area contributed by atoms with E-state index in [1.54, 1.807) is 7.11 Å². The lowest BCUT2D eigenvalue weighted by Gasteiger charge is -2.31. The number of nitrogens with two attached hydrogens (primary N) is 1. The lowest BCUT2D eigenvalue weighted by atomic mass is 10.3. The van der Waals surface area contributed by atoms with Gasteiger partial charge in [-0.25, -0.2) is 0 Å². The van der Waals surface area contributed by atoms with Gasteiger partial charge in [-0.1, -0.05) is 0 Å². The van der Waals surface area contributed by atoms with Crippen molar-refractivity contribution in [3.63, 3.8) is 0 Å². The summed E-state index contributed by atoms with van der Waals surface area (Å²) in [6, 6.07) is -0.353. The number of anilines is 1. The molecule has 1 atom stereocenters. The molecular weight excluding hydrogens is 222 g/mol. The van der Waals surface area contributed by atoms with Gasteiger partial charge in [-0.15, -0.1) is 0 Å². The first kappa shape index (κ1) is 12.3. The fourth-order valence-corrected chi connectivity index (χ4v) is 1.76. The molecule has 96 valence electrons. The van der Waals surface area contributed by atoms with Gasteiger partial charge in [0.25, 0.3) is 5.95 Å². The summed E-state index contributed by atoms with van der Waals surface area (Å²) in [7, 11) is 3.70. The smallest absolute Gasteiger partial charge is 0.266 e. The van der Waals surface area contributed by atoms with Crippen LogP contribution < -0.4 is 10.6 Å². The minimum Gasteiger partial charge on any atom is -0.383 e. The highest BCUT2D eigenvalue weighted by Gasteiger charge is 2.21. The zero-order valence-corrected chi connectivity index (χ0v) is 10.3. The summed E-state index contributed by atoms with van der Waals surface area (Å²) in [5.74, 6) is 1.06. The number of ether oxygens (including phenoxy) is 1. The molecule has 0 aromatic carbocycles. The Kier molecular flexibility index (Phi) is 3.93. The van der Waals surface area contributed by atoms with E-state index in [1.807, 2.05) is 0 Å². The Labute approximate surface area is 101 Å². The molecule has 1 unspecified atom stereocenters. The highest BCUT2D eigenvalue weighted by Crippen LogP contribution is 2.15. The van der Waals surface area contributed by atoms with Gasteiger partial charge in [-0.05, 0) is 12.2 Å². The standard InChI is InChI=1S/C10H19N5O2/c1-14-3-5-15(6-4-14)10-12-9(17-13-10)8(11)7-16-2/h8H,3-7,11H2,1-2H3. The summed E-state index contributed by atoms with van der Waals surface area (Å²) in [6.07, 6.45) is 0. The zero-order valence-electron chi connectivity index (χ0n) is 10.3. The Morgan fingerprint density at radius 3 is 2.76 bits per heavy atom. The highest BCUT2D eigenvalue weighted by atomic mass is 16.5. The minimum absolute atomic E-state index is 0.353. The van der Waals surface area contributed by atoms with Gasteiger partial charge in [0.1, 0.15) is 6.04 Å². The molecule has 1 aliphatic rings. The number of nitrogens with zero attached hydrogens (tertiary/aromatic N) is 4. The number of likely N-dealkylation sites (N-methyl/N-ethyl adjacent to an activating group) is 1. The van der Waals surface area contributed by atoms with Crippen molar-refractivity contribution in [2.24, 2.45) is 5.73 Å². The number of hydrogen-bond acceptors (Lipinski definition) is 7. The van der Waals surface area contributed by atoms with Gasteiger partial charge in [-0.2, -0.15) is 4.98 Å². The number of methoxy groups -OCH3 is 1. The maximum Gasteiger partial charge on any atom is 0.266 e. The maximum absolute atomic E-state index is 5.82. The summed E-state index contributed by atoms with van der Waals surface area (Å²) in [6.45, 7) is 4.22. The van der Waals surface area contributed by atoms with E-state index in [1.165, 1.54) is 0 Å². The Bertz CT molecular complexity index is 348. The minimum atomic E-state index is -0.353. The molecule has 7 nitrogen and oxygen atoms in total. The van der Waals surface area contributed by atoms with Crippen molar-refractivity contribution in [1.29, 1.82) is 0 Å². The predicted molar refractivity (Wildman–Crippen MR) is 62.8 cm³/mol. The zero-order chi connectivity index (χ0) is 12.3. The molecule has 0 aliphatic carbocycles. The van der Waals surface area contributed by atoms with Gasteiger partial charge in [-0.3, -0.25) is 0 Å². The van der Waals surface area contributed by atoms with Gasteiger partial charge in [0, 0.05) is 33.3 Å². The Morgan fingerprint density at radius 2 is 2.12 bits per heavy atom. The number of aromatic nitrogens is 2. The number of hydrogen-bond donors (Lipinski definition) is 1. The van der Waals surface area contributed by atoms with Crippen molar-refractivity contribution < 1.29 is 9.26 Å². The Hall–Kier alpha value is -1.18. The molecule has 2 rings (SSSR count). The molecule has 0 spiro atoms. The first-order valence-electron chi connectivity index (χ1n) is 5.72. The van der Waals surface area contributed by atoms with Crippen LogP contribution in [0.25, 0.3) is 0 Å². The Morgan fingerprint density at radius 1 is 1.41 bits per heavy atom. The highest BCUT2D eigenvalue weighted by molar-refractivity contribution is 5.28. The van der Waals surface area contributed by atoms with E-state index in [9.17, 15) is 0 Å². The van der Waals surface area contributed by atoms with Crippen LogP contribution >= 0.6 is 0 Å². The summed E-state index contributed by atoms with van der Waals surface area (Å²) in [5.41, 5.74) is 5.82. The molecule has 0 saturated carbocycles. The SMILES string of the molecule is COCC(N)c1nc(N2CCN(C)CC2)no1. The monoisotopic (exact) mass is 241 g/mol. The largest absolute Gasteiger partial charge is 0.383 e. The molecule has 17 heavy (non-hydrogen) atoms. The van der Waals surface area contributed by atoms with Crippen LogP contribution in [0.15, 0.2) is 4.52 Å². The van der Waals surface area contributed by atoms with E-state index < -0.39 is 0 Å². The predicted octanol–water partition coefficient (Wildman–Crippen LogP) is -0.532. The van der Waals surface area contributed by atoms with Crippen molar-refractivity contribution in [2.75, 3.05) is 51.8 Å². The third kappa shape index (κ3) is 2.93. The van der Waals surface area contributed by atoms with E-state index in [0.717, 1.165) is 26.2 Å². The fourth-order valence-electron chi connectivity index (χ4n) is 1.76. The van der Waals surface area contributed by atoms with Gasteiger partial charge in [0.15, 0.2) is 0 Å². The van der Waals surface area contributed by atoms with Crippen molar-refractivity contribution in [2.45, 2.75) is 6.04 Å². The first-order chi connectivity index (χ1) is 8.20. The van der Waals surface area contributed by atoms with Gasteiger partial charge < -0.3 is 24.8 Å². The van der Waals surface area contributed by atoms with Gasteiger partial charge in [0.2, 0.25) is 5.89 Å². The van der Waals surface area contributed by atoms with Gasteiger partial charge in [0.05, 0.1) is 6.61 Å². The van der Waals surface area contributed by atoms with Crippen LogP contribution in [0.4, 0.5) is 5.95 Å². The molecule has 1 saturated heterocycles. The van der Waals surface area contributed by atoms with Crippen molar-refractivity contribution >= 4 is 5.95 Å². The van der Waals surface area contributed by atoms with E-state index in [0.29, 0.717) is 18.4 Å². The lowest BCUT2D eigenvalue weighted by molar-refractivity contribution is 0.166. The molecular formula is C10H19N5O2. The maximum atomic E-state index is 5.82. The molecule has 0 amide bonds. The van der Waals surface area contributed by atoms with E-state index in [2.05, 4.69) is 27.0 Å². The van der Waals surface area contributed by atoms with Crippen LogP contribution in [0.2, 0.25) is 0 Å². The molecule has 0 radical (unpaired) electrons. The number of rotatable bonds is 4. The summed E-state index contributed by atoms with van der Waals surface area (Å²) in [5, 5.41) is 3.95. The molecule has 1 aliphatic heterocycles. The Balaban J connectivity index is 1.98. The van der Waals surface area contributed by atoms with E-state index in [-0.39, 0.29) is 6.04 Å². The third-order valence-corrected chi connectivity index (χ3v) is 2.88. The number of piperazine rings is 1. The van der Waals surface area contributed by atoms with Crippen LogP contribution in [-0.4, -0.2) is 62.0 Å². The van der Waals surface area contributed by atoms with Crippen LogP contribution in [0, 0.1) is 0 Å². The van der Waals surface area contributed by atoms with Gasteiger partial charge >= 0.3 is 0 Å². The summed E-state index contributed by atoms with van der Waals surface area (Å²) >= 11 is 0. The fraction of sp³-hybridized carbons (Fsp3) is 0.800. The first-order valence-corrected chi connectivity index (χ1v) is 5.72. The molecule has 1 fully saturated rings. The average Bonchev–Trinajstić information content (AvgIpc) is 2.80. The molecule has 1 aromatic heterocycles. The van der Waals surface area contributed by atoms with Crippen molar-refractivity contribution in [1.82, 2.24) is 15.0 Å². The second kappa shape index (κ2) is 5.44. The summed E-state index contributed by atoms with van der Waals surface area (Å²) < 4.78 is 10.1. The van der Waals surface area contributed by atoms with Crippen molar-refractivity contribution in [3.05, 3.63) is 5.89 Å². The second-order valence-corrected chi connectivity index (χ2v) is 4.28. The second-order valence-electron chi connectivity index (χ2n) is 4.28. The topological polar surface area (TPSA) is 80.7 Å². The lowest BCUT2D eigenvalue weighted by Crippen LogP contribution is -2.44. The van der Waals surface area contributed by atoms with Crippen LogP contribution in [0.5, 0.6) is 0 Å². The van der Waals surface area contributed by atoms with Crippen molar-refractivity contribution in [3.8, 4) is 0 Å². The van der Waals surface area contributed by atoms with Crippen LogP contribution in [0.1, 0.15) is 11.9 Å². The molecule has 1 aromatic rings. The normalized spacial score (nSPS) is 19.6. The summed E-state index contributed by atoms with van der Waals surface area (Å²) in [4.78, 5) is 8.68. The average molecular weight is 241 g/mol. The van der Waals surface area contributed by atoms with E-state index in [4.69, 9.17) is 15.0 Å². The third-order valence-electron chi connectivity index (χ3n) is 2.88. The van der Waals surface area contributed by atoms with E-state index >= 15 is 0 Å². The molecule has 2 N–H and O–H groups in total. The molecule has 2 heterocycles. The van der Waals surface area contributed by atoms with Crippen LogP contribution in [0.3, 0.4) is 0 Å². The van der Waals surface area contributed by atoms with Crippen LogP contribution in [-0.2, 0) is 4.74 Å². The molecule has 0 bridgehead atoms. The quantitative estimate of drug-likeness (QED) is 0.758.